The Morgan fingerprint density at radius 1 is 1.03 bits per heavy atom. The molecule has 1 aliphatic heterocycles. The van der Waals surface area contributed by atoms with Gasteiger partial charge in [-0.15, -0.1) is 13.2 Å². The van der Waals surface area contributed by atoms with Gasteiger partial charge in [-0.2, -0.15) is 0 Å². The van der Waals surface area contributed by atoms with Crippen molar-refractivity contribution in [3.8, 4) is 5.75 Å². The van der Waals surface area contributed by atoms with Crippen LogP contribution >= 0.6 is 0 Å². The predicted molar refractivity (Wildman–Crippen MR) is 133 cm³/mol. The van der Waals surface area contributed by atoms with Crippen molar-refractivity contribution in [1.29, 1.82) is 0 Å². The Kier molecular flexibility index (Phi) is 6.75. The summed E-state index contributed by atoms with van der Waals surface area (Å²) < 4.78 is 42.6. The van der Waals surface area contributed by atoms with E-state index in [2.05, 4.69) is 20.0 Å². The molecule has 2 amide bonds. The molecule has 0 unspecified atom stereocenters. The summed E-state index contributed by atoms with van der Waals surface area (Å²) in [7, 11) is 0. The second kappa shape index (κ2) is 10.2. The number of benzene rings is 2. The van der Waals surface area contributed by atoms with Gasteiger partial charge in [0, 0.05) is 36.7 Å². The Morgan fingerprint density at radius 2 is 1.71 bits per heavy atom. The van der Waals surface area contributed by atoms with E-state index < -0.39 is 6.36 Å². The molecule has 0 aliphatic carbocycles. The number of fused-ring (bicyclic) bond motifs is 1. The van der Waals surface area contributed by atoms with E-state index >= 15 is 0 Å². The van der Waals surface area contributed by atoms with E-state index in [1.807, 2.05) is 24.3 Å². The summed E-state index contributed by atoms with van der Waals surface area (Å²) in [4.78, 5) is 35.9. The van der Waals surface area contributed by atoms with Gasteiger partial charge in [0.2, 0.25) is 5.78 Å². The number of halogens is 3. The van der Waals surface area contributed by atoms with Crippen LogP contribution in [-0.2, 0) is 0 Å². The monoisotopic (exact) mass is 523 g/mol. The van der Waals surface area contributed by atoms with Gasteiger partial charge in [0.15, 0.2) is 0 Å². The van der Waals surface area contributed by atoms with Gasteiger partial charge in [-0.3, -0.25) is 14.0 Å². The fourth-order valence-corrected chi connectivity index (χ4v) is 4.70. The highest BCUT2D eigenvalue weighted by atomic mass is 19.4. The number of alkyl halides is 3. The number of nitrogens with one attached hydrogen (secondary N) is 1. The molecule has 2 aromatic carbocycles. The van der Waals surface area contributed by atoms with Crippen molar-refractivity contribution in [3.05, 3.63) is 89.5 Å². The zero-order valence-corrected chi connectivity index (χ0v) is 20.4. The topological polar surface area (TPSA) is 88.8 Å². The van der Waals surface area contributed by atoms with E-state index in [4.69, 9.17) is 0 Å². The van der Waals surface area contributed by atoms with Crippen LogP contribution in [0.5, 0.6) is 5.75 Å². The lowest BCUT2D eigenvalue weighted by molar-refractivity contribution is -0.274. The van der Waals surface area contributed by atoms with Crippen molar-refractivity contribution in [3.63, 3.8) is 0 Å². The lowest BCUT2D eigenvalue weighted by Gasteiger charge is -2.32. The van der Waals surface area contributed by atoms with Crippen LogP contribution in [-0.4, -0.2) is 50.5 Å². The number of carbonyl (C=O) groups excluding carboxylic acids is 2. The Morgan fingerprint density at radius 3 is 2.37 bits per heavy atom. The van der Waals surface area contributed by atoms with Crippen LogP contribution in [0.3, 0.4) is 0 Å². The zero-order valence-electron chi connectivity index (χ0n) is 20.4. The number of hydrogen-bond acceptors (Lipinski definition) is 5. The van der Waals surface area contributed by atoms with Crippen molar-refractivity contribution in [2.75, 3.05) is 18.4 Å². The van der Waals surface area contributed by atoms with E-state index in [1.165, 1.54) is 12.1 Å². The van der Waals surface area contributed by atoms with E-state index in [-0.39, 0.29) is 23.5 Å². The highest BCUT2D eigenvalue weighted by Crippen LogP contribution is 2.30. The number of amides is 2. The predicted octanol–water partition coefficient (Wildman–Crippen LogP) is 5.21. The first-order valence-corrected chi connectivity index (χ1v) is 12.0. The number of piperidine rings is 1. The molecule has 11 heteroatoms. The molecule has 1 fully saturated rings. The Labute approximate surface area is 216 Å². The van der Waals surface area contributed by atoms with Crippen LogP contribution in [0.4, 0.5) is 18.9 Å². The smallest absolute Gasteiger partial charge is 0.406 e. The molecule has 0 spiro atoms. The van der Waals surface area contributed by atoms with Gasteiger partial charge >= 0.3 is 6.36 Å². The second-order valence-corrected chi connectivity index (χ2v) is 9.05. The Balaban J connectivity index is 1.17. The summed E-state index contributed by atoms with van der Waals surface area (Å²) in [6.45, 7) is 2.83. The second-order valence-electron chi connectivity index (χ2n) is 9.05. The number of anilines is 1. The molecule has 0 radical (unpaired) electrons. The summed E-state index contributed by atoms with van der Waals surface area (Å²) in [5.41, 5.74) is 3.10. The average Bonchev–Trinajstić information content (AvgIpc) is 3.24. The number of hydrogen-bond donors (Lipinski definition) is 1. The van der Waals surface area contributed by atoms with Gasteiger partial charge < -0.3 is 15.0 Å². The van der Waals surface area contributed by atoms with Crippen LogP contribution in [0, 0.1) is 6.92 Å². The molecule has 0 saturated carbocycles. The number of nitrogens with zero attached hydrogens (tertiary/aromatic N) is 4. The number of likely N-dealkylation sites (tertiary alicyclic amines) is 1. The molecule has 1 aliphatic rings. The fourth-order valence-electron chi connectivity index (χ4n) is 4.70. The molecule has 2 aromatic heterocycles. The fraction of sp³-hybridized carbons (Fsp3) is 0.259. The molecule has 196 valence electrons. The summed E-state index contributed by atoms with van der Waals surface area (Å²) in [6, 6.07) is 14.4. The lowest BCUT2D eigenvalue weighted by Crippen LogP contribution is -2.37. The van der Waals surface area contributed by atoms with Gasteiger partial charge in [-0.05, 0) is 73.7 Å². The number of rotatable bonds is 5. The Bertz CT molecular complexity index is 1460. The normalized spacial score (nSPS) is 14.5. The van der Waals surface area contributed by atoms with E-state index in [0.717, 1.165) is 30.5 Å². The average molecular weight is 524 g/mol. The first-order chi connectivity index (χ1) is 18.2. The molecule has 38 heavy (non-hydrogen) atoms. The van der Waals surface area contributed by atoms with Crippen LogP contribution in [0.25, 0.3) is 5.78 Å². The third-order valence-corrected chi connectivity index (χ3v) is 6.55. The zero-order chi connectivity index (χ0) is 26.9. The van der Waals surface area contributed by atoms with Crippen LogP contribution < -0.4 is 10.1 Å². The molecular formula is C27H24F3N5O3. The number of carbonyl (C=O) groups is 2. The maximum Gasteiger partial charge on any atom is 0.573 e. The number of ether oxygens (including phenoxy) is 1. The quantitative estimate of drug-likeness (QED) is 0.388. The van der Waals surface area contributed by atoms with Crippen molar-refractivity contribution < 1.29 is 27.5 Å². The summed E-state index contributed by atoms with van der Waals surface area (Å²) >= 11 is 0. The first-order valence-electron chi connectivity index (χ1n) is 12.0. The SMILES string of the molecule is Cc1nc2ncccn2c1C(=O)Nc1ccc(C2CCN(C(=O)c3ccc(OC(F)(F)F)cc3)CC2)cc1. The van der Waals surface area contributed by atoms with Gasteiger partial charge in [0.05, 0.1) is 5.69 Å². The first kappa shape index (κ1) is 25.2. The summed E-state index contributed by atoms with van der Waals surface area (Å²) in [5, 5.41) is 2.91. The molecule has 5 rings (SSSR count). The van der Waals surface area contributed by atoms with Gasteiger partial charge in [0.1, 0.15) is 11.4 Å². The van der Waals surface area contributed by atoms with Crippen molar-refractivity contribution in [1.82, 2.24) is 19.3 Å². The number of aryl methyl sites for hydroxylation is 1. The van der Waals surface area contributed by atoms with Crippen LogP contribution in [0.2, 0.25) is 0 Å². The van der Waals surface area contributed by atoms with E-state index in [9.17, 15) is 22.8 Å². The molecule has 3 heterocycles. The minimum Gasteiger partial charge on any atom is -0.406 e. The minimum atomic E-state index is -4.77. The van der Waals surface area contributed by atoms with Crippen LogP contribution in [0.1, 0.15) is 50.9 Å². The number of imidazole rings is 1. The van der Waals surface area contributed by atoms with Crippen molar-refractivity contribution in [2.24, 2.45) is 0 Å². The van der Waals surface area contributed by atoms with Gasteiger partial charge in [0.25, 0.3) is 11.8 Å². The maximum absolute atomic E-state index is 12.9. The van der Waals surface area contributed by atoms with Crippen LogP contribution in [0.15, 0.2) is 67.0 Å². The molecule has 1 saturated heterocycles. The highest BCUT2D eigenvalue weighted by Gasteiger charge is 2.31. The standard InChI is InChI=1S/C27H24F3N5O3/c1-17-23(35-14-2-13-31-26(35)32-17)24(36)33-21-7-3-18(4-8-21)19-11-15-34(16-12-19)25(37)20-5-9-22(10-6-20)38-27(28,29)30/h2-10,13-14,19H,11-12,15-16H2,1H3,(H,33,36). The molecule has 8 nitrogen and oxygen atoms in total. The molecule has 0 atom stereocenters. The van der Waals surface area contributed by atoms with E-state index in [0.29, 0.717) is 41.5 Å². The van der Waals surface area contributed by atoms with Crippen molar-refractivity contribution in [2.45, 2.75) is 32.0 Å². The van der Waals surface area contributed by atoms with Gasteiger partial charge in [-0.1, -0.05) is 12.1 Å². The number of aromatic nitrogens is 3. The maximum atomic E-state index is 12.9. The largest absolute Gasteiger partial charge is 0.573 e. The third-order valence-electron chi connectivity index (χ3n) is 6.55. The highest BCUT2D eigenvalue weighted by molar-refractivity contribution is 6.04. The molecule has 0 bridgehead atoms. The lowest BCUT2D eigenvalue weighted by atomic mass is 9.89. The molecular weight excluding hydrogens is 499 g/mol. The summed E-state index contributed by atoms with van der Waals surface area (Å²) in [6.07, 6.45) is 0.0935. The summed E-state index contributed by atoms with van der Waals surface area (Å²) in [5.74, 6) is -0.155. The van der Waals surface area contributed by atoms with E-state index in [1.54, 1.807) is 34.7 Å². The molecule has 4 aromatic rings. The molecule has 1 N–H and O–H groups in total. The third kappa shape index (κ3) is 5.46. The van der Waals surface area contributed by atoms with Crippen molar-refractivity contribution >= 4 is 23.3 Å². The minimum absolute atomic E-state index is 0.224. The Hall–Kier alpha value is -4.41. The van der Waals surface area contributed by atoms with Gasteiger partial charge in [-0.25, -0.2) is 9.97 Å².